The highest BCUT2D eigenvalue weighted by molar-refractivity contribution is 5.96. The van der Waals surface area contributed by atoms with Gasteiger partial charge in [0.1, 0.15) is 0 Å². The van der Waals surface area contributed by atoms with Gasteiger partial charge in [0.05, 0.1) is 7.11 Å². The minimum atomic E-state index is 0.642. The van der Waals surface area contributed by atoms with Gasteiger partial charge in [-0.2, -0.15) is 0 Å². The van der Waals surface area contributed by atoms with Crippen LogP contribution in [0.1, 0.15) is 11.3 Å². The molecule has 0 spiro atoms. The van der Waals surface area contributed by atoms with Crippen molar-refractivity contribution in [1.29, 1.82) is 0 Å². The Bertz CT molecular complexity index is 754. The van der Waals surface area contributed by atoms with Crippen molar-refractivity contribution in [3.05, 3.63) is 65.9 Å². The Labute approximate surface area is 124 Å². The average Bonchev–Trinajstić information content (AvgIpc) is 2.54. The van der Waals surface area contributed by atoms with Crippen molar-refractivity contribution in [1.82, 2.24) is 4.98 Å². The number of hydrogen-bond donors (Lipinski definition) is 1. The highest BCUT2D eigenvalue weighted by Crippen LogP contribution is 2.28. The minimum Gasteiger partial charge on any atom is -0.481 e. The van der Waals surface area contributed by atoms with Crippen molar-refractivity contribution in [3.63, 3.8) is 0 Å². The number of pyridine rings is 1. The highest BCUT2D eigenvalue weighted by Gasteiger charge is 2.08. The van der Waals surface area contributed by atoms with E-state index < -0.39 is 0 Å². The van der Waals surface area contributed by atoms with Crippen LogP contribution in [-0.2, 0) is 12.8 Å². The molecule has 106 valence electrons. The quantitative estimate of drug-likeness (QED) is 0.742. The molecule has 3 rings (SSSR count). The molecule has 0 aliphatic carbocycles. The summed E-state index contributed by atoms with van der Waals surface area (Å²) in [4.78, 5) is 4.60. The van der Waals surface area contributed by atoms with Crippen LogP contribution in [0.25, 0.3) is 10.8 Å². The van der Waals surface area contributed by atoms with Gasteiger partial charge < -0.3 is 10.5 Å². The lowest BCUT2D eigenvalue weighted by atomic mass is 10.0. The molecule has 3 aromatic rings. The van der Waals surface area contributed by atoms with Gasteiger partial charge in [0.2, 0.25) is 5.88 Å². The standard InChI is InChI=1S/C18H18N2O/c1-21-18-15-8-5-9-17(19)16(15)12-14(20-18)11-10-13-6-3-2-4-7-13/h2-9,12H,10-11,19H2,1H3. The minimum absolute atomic E-state index is 0.642. The smallest absolute Gasteiger partial charge is 0.221 e. The first-order chi connectivity index (χ1) is 10.3. The maximum absolute atomic E-state index is 6.07. The molecule has 1 aromatic heterocycles. The molecule has 3 heteroatoms. The summed E-state index contributed by atoms with van der Waals surface area (Å²) in [6, 6.07) is 18.3. The van der Waals surface area contributed by atoms with Crippen molar-refractivity contribution in [2.24, 2.45) is 0 Å². The number of hydrogen-bond acceptors (Lipinski definition) is 3. The van der Waals surface area contributed by atoms with E-state index >= 15 is 0 Å². The fourth-order valence-corrected chi connectivity index (χ4v) is 2.52. The zero-order chi connectivity index (χ0) is 14.7. The number of anilines is 1. The summed E-state index contributed by atoms with van der Waals surface area (Å²) in [6.45, 7) is 0. The summed E-state index contributed by atoms with van der Waals surface area (Å²) >= 11 is 0. The molecule has 0 radical (unpaired) electrons. The van der Waals surface area contributed by atoms with Crippen LogP contribution in [0.3, 0.4) is 0 Å². The van der Waals surface area contributed by atoms with Gasteiger partial charge in [-0.05, 0) is 36.6 Å². The predicted molar refractivity (Wildman–Crippen MR) is 86.6 cm³/mol. The number of aromatic nitrogens is 1. The number of nitrogen functional groups attached to an aromatic ring is 1. The molecule has 1 heterocycles. The molecule has 0 saturated carbocycles. The van der Waals surface area contributed by atoms with E-state index in [9.17, 15) is 0 Å². The zero-order valence-electron chi connectivity index (χ0n) is 12.0. The average molecular weight is 278 g/mol. The van der Waals surface area contributed by atoms with E-state index in [4.69, 9.17) is 10.5 Å². The summed E-state index contributed by atoms with van der Waals surface area (Å²) < 4.78 is 5.41. The SMILES string of the molecule is COc1nc(CCc2ccccc2)cc2c(N)cccc12. The lowest BCUT2D eigenvalue weighted by molar-refractivity contribution is 0.402. The molecule has 0 aliphatic rings. The van der Waals surface area contributed by atoms with Gasteiger partial charge in [0, 0.05) is 22.2 Å². The Hall–Kier alpha value is -2.55. The van der Waals surface area contributed by atoms with Crippen molar-refractivity contribution in [3.8, 4) is 5.88 Å². The van der Waals surface area contributed by atoms with Crippen molar-refractivity contribution < 1.29 is 4.74 Å². The number of ether oxygens (including phenoxy) is 1. The van der Waals surface area contributed by atoms with E-state index in [1.165, 1.54) is 5.56 Å². The molecule has 3 nitrogen and oxygen atoms in total. The van der Waals surface area contributed by atoms with Gasteiger partial charge in [0.15, 0.2) is 0 Å². The van der Waals surface area contributed by atoms with Crippen molar-refractivity contribution in [2.75, 3.05) is 12.8 Å². The molecule has 21 heavy (non-hydrogen) atoms. The highest BCUT2D eigenvalue weighted by atomic mass is 16.5. The monoisotopic (exact) mass is 278 g/mol. The molecule has 2 aromatic carbocycles. The molecule has 0 saturated heterocycles. The molecule has 0 fully saturated rings. The first-order valence-corrected chi connectivity index (χ1v) is 7.04. The molecule has 0 amide bonds. The van der Waals surface area contributed by atoms with Crippen LogP contribution in [-0.4, -0.2) is 12.1 Å². The molecule has 2 N–H and O–H groups in total. The molecule has 0 aliphatic heterocycles. The van der Waals surface area contributed by atoms with Gasteiger partial charge >= 0.3 is 0 Å². The van der Waals surface area contributed by atoms with E-state index in [0.717, 1.165) is 35.0 Å². The lowest BCUT2D eigenvalue weighted by Crippen LogP contribution is -1.99. The summed E-state index contributed by atoms with van der Waals surface area (Å²) in [5.41, 5.74) is 9.14. The maximum atomic E-state index is 6.07. The van der Waals surface area contributed by atoms with Crippen molar-refractivity contribution >= 4 is 16.5 Å². The summed E-state index contributed by atoms with van der Waals surface area (Å²) in [5.74, 6) is 0.642. The summed E-state index contributed by atoms with van der Waals surface area (Å²) in [6.07, 6.45) is 1.82. The third-order valence-electron chi connectivity index (χ3n) is 3.63. The number of benzene rings is 2. The third-order valence-corrected chi connectivity index (χ3v) is 3.63. The van der Waals surface area contributed by atoms with Gasteiger partial charge in [-0.1, -0.05) is 36.4 Å². The number of nitrogens with two attached hydrogens (primary N) is 1. The van der Waals surface area contributed by atoms with Crippen LogP contribution in [0.5, 0.6) is 5.88 Å². The fourth-order valence-electron chi connectivity index (χ4n) is 2.52. The Balaban J connectivity index is 1.94. The predicted octanol–water partition coefficient (Wildman–Crippen LogP) is 3.61. The normalized spacial score (nSPS) is 10.7. The van der Waals surface area contributed by atoms with Crippen LogP contribution in [0.4, 0.5) is 5.69 Å². The second kappa shape index (κ2) is 5.83. The maximum Gasteiger partial charge on any atom is 0.221 e. The summed E-state index contributed by atoms with van der Waals surface area (Å²) in [5, 5.41) is 1.97. The second-order valence-electron chi connectivity index (χ2n) is 5.05. The van der Waals surface area contributed by atoms with Crippen molar-refractivity contribution in [2.45, 2.75) is 12.8 Å². The third kappa shape index (κ3) is 2.82. The van der Waals surface area contributed by atoms with Crippen LogP contribution >= 0.6 is 0 Å². The van der Waals surface area contributed by atoms with Crippen LogP contribution < -0.4 is 10.5 Å². The van der Waals surface area contributed by atoms with Gasteiger partial charge in [-0.3, -0.25) is 0 Å². The number of aryl methyl sites for hydroxylation is 2. The van der Waals surface area contributed by atoms with Crippen LogP contribution in [0.15, 0.2) is 54.6 Å². The Morgan fingerprint density at radius 1 is 0.952 bits per heavy atom. The number of fused-ring (bicyclic) bond motifs is 1. The fraction of sp³-hybridized carbons (Fsp3) is 0.167. The van der Waals surface area contributed by atoms with Gasteiger partial charge in [0.25, 0.3) is 0 Å². The number of rotatable bonds is 4. The van der Waals surface area contributed by atoms with Gasteiger partial charge in [-0.15, -0.1) is 0 Å². The molecular formula is C18H18N2O. The first kappa shape index (κ1) is 13.4. The number of nitrogens with zero attached hydrogens (tertiary/aromatic N) is 1. The Morgan fingerprint density at radius 3 is 2.52 bits per heavy atom. The summed E-state index contributed by atoms with van der Waals surface area (Å²) in [7, 11) is 1.64. The van der Waals surface area contributed by atoms with E-state index in [1.54, 1.807) is 7.11 Å². The molecule has 0 bridgehead atoms. The van der Waals surface area contributed by atoms with Crippen LogP contribution in [0.2, 0.25) is 0 Å². The second-order valence-corrected chi connectivity index (χ2v) is 5.05. The largest absolute Gasteiger partial charge is 0.481 e. The van der Waals surface area contributed by atoms with E-state index in [1.807, 2.05) is 24.3 Å². The van der Waals surface area contributed by atoms with E-state index in [-0.39, 0.29) is 0 Å². The Morgan fingerprint density at radius 2 is 1.76 bits per heavy atom. The first-order valence-electron chi connectivity index (χ1n) is 7.04. The van der Waals surface area contributed by atoms with E-state index in [0.29, 0.717) is 5.88 Å². The molecule has 0 atom stereocenters. The Kier molecular flexibility index (Phi) is 3.73. The molecule has 0 unspecified atom stereocenters. The number of methoxy groups -OCH3 is 1. The van der Waals surface area contributed by atoms with Gasteiger partial charge in [-0.25, -0.2) is 4.98 Å². The van der Waals surface area contributed by atoms with Crippen LogP contribution in [0, 0.1) is 0 Å². The lowest BCUT2D eigenvalue weighted by Gasteiger charge is -2.10. The zero-order valence-corrected chi connectivity index (χ0v) is 12.0. The topological polar surface area (TPSA) is 48.1 Å². The van der Waals surface area contributed by atoms with E-state index in [2.05, 4.69) is 35.3 Å². The molecular weight excluding hydrogens is 260 g/mol.